The second-order valence-electron chi connectivity index (χ2n) is 8.36. The number of hydrogen-bond acceptors (Lipinski definition) is 7. The number of aromatic nitrogens is 2. The molecule has 2 aromatic heterocycles. The maximum Gasteiger partial charge on any atom is 0.282 e. The number of thiophene rings is 1. The summed E-state index contributed by atoms with van der Waals surface area (Å²) < 4.78 is 35.3. The molecule has 32 heavy (non-hydrogen) atoms. The SMILES string of the molecule is CC1CN(S(=O)(=O)N2CCN(c3ncnc4scc(-c5ccccc5)c34)CC2)CC(C)O1. The number of fused-ring (bicyclic) bond motifs is 1. The van der Waals surface area contributed by atoms with E-state index in [0.717, 1.165) is 27.2 Å². The number of anilines is 1. The van der Waals surface area contributed by atoms with E-state index in [2.05, 4.69) is 32.4 Å². The third-order valence-corrected chi connectivity index (χ3v) is 8.87. The first-order valence-electron chi connectivity index (χ1n) is 10.9. The highest BCUT2D eigenvalue weighted by atomic mass is 32.2. The molecule has 2 atom stereocenters. The first-order chi connectivity index (χ1) is 15.4. The largest absolute Gasteiger partial charge is 0.373 e. The van der Waals surface area contributed by atoms with Gasteiger partial charge in [0.15, 0.2) is 0 Å². The molecule has 0 saturated carbocycles. The smallest absolute Gasteiger partial charge is 0.282 e. The Hall–Kier alpha value is -2.11. The lowest BCUT2D eigenvalue weighted by atomic mass is 10.1. The highest BCUT2D eigenvalue weighted by Gasteiger charge is 2.37. The maximum atomic E-state index is 13.2. The molecule has 10 heteroatoms. The molecule has 2 fully saturated rings. The third kappa shape index (κ3) is 4.01. The Labute approximate surface area is 192 Å². The summed E-state index contributed by atoms with van der Waals surface area (Å²) in [6.45, 7) is 6.67. The summed E-state index contributed by atoms with van der Waals surface area (Å²) in [7, 11) is -3.51. The fourth-order valence-electron chi connectivity index (χ4n) is 4.54. The number of piperazine rings is 1. The van der Waals surface area contributed by atoms with E-state index in [1.165, 1.54) is 0 Å². The Morgan fingerprint density at radius 3 is 2.34 bits per heavy atom. The topological polar surface area (TPSA) is 78.9 Å². The molecule has 2 unspecified atom stereocenters. The van der Waals surface area contributed by atoms with Gasteiger partial charge in [-0.15, -0.1) is 11.3 Å². The number of rotatable bonds is 4. The lowest BCUT2D eigenvalue weighted by Gasteiger charge is -2.40. The van der Waals surface area contributed by atoms with Crippen LogP contribution in [-0.4, -0.2) is 78.5 Å². The number of morpholine rings is 1. The Morgan fingerprint density at radius 2 is 1.66 bits per heavy atom. The molecule has 2 aliphatic rings. The second-order valence-corrected chi connectivity index (χ2v) is 11.1. The molecule has 170 valence electrons. The molecule has 2 aliphatic heterocycles. The fraction of sp³-hybridized carbons (Fsp3) is 0.455. The normalized spacial score (nSPS) is 23.6. The summed E-state index contributed by atoms with van der Waals surface area (Å²) in [5.41, 5.74) is 2.25. The minimum Gasteiger partial charge on any atom is -0.373 e. The minimum atomic E-state index is -3.51. The van der Waals surface area contributed by atoms with E-state index < -0.39 is 10.2 Å². The zero-order valence-corrected chi connectivity index (χ0v) is 19.8. The van der Waals surface area contributed by atoms with Crippen LogP contribution in [0.15, 0.2) is 42.0 Å². The van der Waals surface area contributed by atoms with Crippen molar-refractivity contribution in [3.8, 4) is 11.1 Å². The maximum absolute atomic E-state index is 13.2. The molecule has 2 saturated heterocycles. The van der Waals surface area contributed by atoms with Gasteiger partial charge in [-0.2, -0.15) is 17.0 Å². The average molecular weight is 474 g/mol. The van der Waals surface area contributed by atoms with Crippen molar-refractivity contribution in [3.05, 3.63) is 42.0 Å². The third-order valence-electron chi connectivity index (χ3n) is 6.01. The molecule has 0 bridgehead atoms. The van der Waals surface area contributed by atoms with Gasteiger partial charge in [-0.3, -0.25) is 0 Å². The van der Waals surface area contributed by atoms with Crippen LogP contribution >= 0.6 is 11.3 Å². The second kappa shape index (κ2) is 8.68. The van der Waals surface area contributed by atoms with Crippen LogP contribution in [0.25, 0.3) is 21.3 Å². The van der Waals surface area contributed by atoms with Crippen LogP contribution in [0.2, 0.25) is 0 Å². The monoisotopic (exact) mass is 473 g/mol. The number of ether oxygens (including phenoxy) is 1. The van der Waals surface area contributed by atoms with Gasteiger partial charge in [0.2, 0.25) is 0 Å². The van der Waals surface area contributed by atoms with Crippen LogP contribution in [0.3, 0.4) is 0 Å². The predicted molar refractivity (Wildman–Crippen MR) is 127 cm³/mol. The van der Waals surface area contributed by atoms with Gasteiger partial charge in [-0.25, -0.2) is 9.97 Å². The highest BCUT2D eigenvalue weighted by Crippen LogP contribution is 2.38. The van der Waals surface area contributed by atoms with Gasteiger partial charge < -0.3 is 9.64 Å². The average Bonchev–Trinajstić information content (AvgIpc) is 3.23. The Bertz CT molecular complexity index is 1180. The van der Waals surface area contributed by atoms with E-state index in [0.29, 0.717) is 39.3 Å². The molecule has 0 aliphatic carbocycles. The fourth-order valence-corrected chi connectivity index (χ4v) is 7.20. The Balaban J connectivity index is 1.37. The van der Waals surface area contributed by atoms with Gasteiger partial charge in [0.25, 0.3) is 10.2 Å². The molecule has 1 aromatic carbocycles. The summed E-state index contributed by atoms with van der Waals surface area (Å²) in [6, 6.07) is 10.2. The van der Waals surface area contributed by atoms with Gasteiger partial charge >= 0.3 is 0 Å². The minimum absolute atomic E-state index is 0.0980. The van der Waals surface area contributed by atoms with Crippen molar-refractivity contribution in [2.45, 2.75) is 26.1 Å². The van der Waals surface area contributed by atoms with Crippen LogP contribution in [0.4, 0.5) is 5.82 Å². The summed E-state index contributed by atoms with van der Waals surface area (Å²) in [6.07, 6.45) is 1.40. The zero-order chi connectivity index (χ0) is 22.3. The van der Waals surface area contributed by atoms with Crippen LogP contribution in [0, 0.1) is 0 Å². The number of nitrogens with zero attached hydrogens (tertiary/aromatic N) is 5. The first-order valence-corrected chi connectivity index (χ1v) is 13.1. The molecule has 4 heterocycles. The summed E-state index contributed by atoms with van der Waals surface area (Å²) in [4.78, 5) is 12.2. The van der Waals surface area contributed by atoms with Crippen molar-refractivity contribution in [1.29, 1.82) is 0 Å². The molecule has 0 amide bonds. The summed E-state index contributed by atoms with van der Waals surface area (Å²) in [5.74, 6) is 0.876. The standard InChI is InChI=1S/C22H27N5O3S2/c1-16-12-27(13-17(2)30-16)32(28,29)26-10-8-25(9-11-26)21-20-19(18-6-4-3-5-7-18)14-31-22(20)24-15-23-21/h3-7,14-17H,8-13H2,1-2H3. The molecule has 0 N–H and O–H groups in total. The van der Waals surface area contributed by atoms with E-state index in [-0.39, 0.29) is 12.2 Å². The van der Waals surface area contributed by atoms with Crippen molar-refractivity contribution < 1.29 is 13.2 Å². The summed E-state index contributed by atoms with van der Waals surface area (Å²) >= 11 is 1.61. The Morgan fingerprint density at radius 1 is 0.969 bits per heavy atom. The summed E-state index contributed by atoms with van der Waals surface area (Å²) in [5, 5.41) is 3.16. The van der Waals surface area contributed by atoms with Crippen LogP contribution < -0.4 is 4.90 Å². The van der Waals surface area contributed by atoms with E-state index >= 15 is 0 Å². The predicted octanol–water partition coefficient (Wildman–Crippen LogP) is 2.83. The van der Waals surface area contributed by atoms with Gasteiger partial charge in [0, 0.05) is 50.2 Å². The van der Waals surface area contributed by atoms with E-state index in [9.17, 15) is 8.42 Å². The molecule has 0 radical (unpaired) electrons. The lowest BCUT2D eigenvalue weighted by Crippen LogP contribution is -2.57. The van der Waals surface area contributed by atoms with Gasteiger partial charge in [-0.1, -0.05) is 30.3 Å². The van der Waals surface area contributed by atoms with Crippen molar-refractivity contribution >= 4 is 37.6 Å². The molecule has 8 nitrogen and oxygen atoms in total. The molecule has 5 rings (SSSR count). The van der Waals surface area contributed by atoms with Crippen molar-refractivity contribution in [3.63, 3.8) is 0 Å². The molecule has 3 aromatic rings. The van der Waals surface area contributed by atoms with Crippen molar-refractivity contribution in [2.24, 2.45) is 0 Å². The zero-order valence-electron chi connectivity index (χ0n) is 18.2. The van der Waals surface area contributed by atoms with E-state index in [4.69, 9.17) is 4.74 Å². The van der Waals surface area contributed by atoms with Gasteiger partial charge in [-0.05, 0) is 19.4 Å². The van der Waals surface area contributed by atoms with Crippen molar-refractivity contribution in [1.82, 2.24) is 18.6 Å². The van der Waals surface area contributed by atoms with Crippen LogP contribution in [-0.2, 0) is 14.9 Å². The van der Waals surface area contributed by atoms with Crippen molar-refractivity contribution in [2.75, 3.05) is 44.2 Å². The Kier molecular flexibility index (Phi) is 5.89. The molecule has 0 spiro atoms. The molecular formula is C22H27N5O3S2. The highest BCUT2D eigenvalue weighted by molar-refractivity contribution is 7.86. The first kappa shape index (κ1) is 21.7. The van der Waals surface area contributed by atoms with E-state index in [1.54, 1.807) is 26.3 Å². The van der Waals surface area contributed by atoms with Crippen LogP contribution in [0.5, 0.6) is 0 Å². The quantitative estimate of drug-likeness (QED) is 0.580. The lowest BCUT2D eigenvalue weighted by molar-refractivity contribution is -0.0455. The van der Waals surface area contributed by atoms with Gasteiger partial charge in [0.1, 0.15) is 17.0 Å². The van der Waals surface area contributed by atoms with E-state index in [1.807, 2.05) is 32.0 Å². The van der Waals surface area contributed by atoms with Gasteiger partial charge in [0.05, 0.1) is 17.6 Å². The number of hydrogen-bond donors (Lipinski definition) is 0. The number of benzene rings is 1. The van der Waals surface area contributed by atoms with Crippen LogP contribution in [0.1, 0.15) is 13.8 Å². The molecular weight excluding hydrogens is 446 g/mol.